The van der Waals surface area contributed by atoms with Crippen LogP contribution in [0, 0.1) is 0 Å². The summed E-state index contributed by atoms with van der Waals surface area (Å²) in [5.74, 6) is 1.77. The first-order valence-corrected chi connectivity index (χ1v) is 12.2. The Morgan fingerprint density at radius 3 is 2.68 bits per heavy atom. The lowest BCUT2D eigenvalue weighted by atomic mass is 10.2. The van der Waals surface area contributed by atoms with E-state index in [2.05, 4.69) is 65.0 Å². The molecule has 1 atom stereocenters. The maximum atomic E-state index is 6.00. The lowest BCUT2D eigenvalue weighted by molar-refractivity contribution is 0.249. The van der Waals surface area contributed by atoms with Crippen LogP contribution >= 0.6 is 11.3 Å². The highest BCUT2D eigenvalue weighted by Gasteiger charge is 2.24. The molecule has 0 amide bonds. The minimum absolute atomic E-state index is 0.396. The van der Waals surface area contributed by atoms with Crippen molar-refractivity contribution in [3.05, 3.63) is 52.2 Å². The fourth-order valence-corrected chi connectivity index (χ4v) is 4.62. The second-order valence-corrected chi connectivity index (χ2v) is 9.09. The molecule has 0 spiro atoms. The second kappa shape index (κ2) is 12.7. The van der Waals surface area contributed by atoms with Gasteiger partial charge < -0.3 is 20.3 Å². The van der Waals surface area contributed by atoms with Gasteiger partial charge in [0.1, 0.15) is 12.4 Å². The van der Waals surface area contributed by atoms with Crippen molar-refractivity contribution in [3.63, 3.8) is 0 Å². The van der Waals surface area contributed by atoms with Crippen LogP contribution in [0.15, 0.2) is 46.8 Å². The van der Waals surface area contributed by atoms with Crippen molar-refractivity contribution in [1.82, 2.24) is 20.4 Å². The minimum atomic E-state index is 0.396. The van der Waals surface area contributed by atoms with Gasteiger partial charge in [0.2, 0.25) is 0 Å². The third kappa shape index (κ3) is 7.52. The molecular weight excluding hydrogens is 406 g/mol. The molecule has 2 heterocycles. The van der Waals surface area contributed by atoms with Gasteiger partial charge >= 0.3 is 0 Å². The Morgan fingerprint density at radius 2 is 1.97 bits per heavy atom. The number of hydrogen-bond acceptors (Lipinski definition) is 5. The van der Waals surface area contributed by atoms with Crippen molar-refractivity contribution in [2.75, 3.05) is 53.4 Å². The number of benzene rings is 1. The zero-order valence-electron chi connectivity index (χ0n) is 19.1. The topological polar surface area (TPSA) is 52.1 Å². The molecule has 0 radical (unpaired) electrons. The number of rotatable bonds is 11. The van der Waals surface area contributed by atoms with Crippen LogP contribution in [-0.2, 0) is 6.54 Å². The van der Waals surface area contributed by atoms with E-state index in [4.69, 9.17) is 9.73 Å². The van der Waals surface area contributed by atoms with Gasteiger partial charge in [0.05, 0.1) is 12.6 Å². The van der Waals surface area contributed by atoms with Crippen molar-refractivity contribution in [3.8, 4) is 5.75 Å². The second-order valence-electron chi connectivity index (χ2n) is 8.11. The molecule has 170 valence electrons. The first-order chi connectivity index (χ1) is 15.2. The number of hydrogen-bond donors (Lipinski definition) is 2. The molecule has 1 aromatic heterocycles. The van der Waals surface area contributed by atoms with Crippen molar-refractivity contribution in [2.24, 2.45) is 4.99 Å². The Labute approximate surface area is 191 Å². The molecule has 1 aliphatic heterocycles. The first-order valence-electron chi connectivity index (χ1n) is 11.3. The maximum Gasteiger partial charge on any atom is 0.191 e. The molecule has 0 bridgehead atoms. The van der Waals surface area contributed by atoms with E-state index >= 15 is 0 Å². The number of likely N-dealkylation sites (tertiary alicyclic amines) is 1. The largest absolute Gasteiger partial charge is 0.492 e. The highest BCUT2D eigenvalue weighted by Crippen LogP contribution is 2.27. The van der Waals surface area contributed by atoms with Gasteiger partial charge in [-0.1, -0.05) is 24.3 Å². The monoisotopic (exact) mass is 443 g/mol. The van der Waals surface area contributed by atoms with Gasteiger partial charge in [-0.2, -0.15) is 0 Å². The summed E-state index contributed by atoms with van der Waals surface area (Å²) < 4.78 is 6.00. The summed E-state index contributed by atoms with van der Waals surface area (Å²) in [7, 11) is 4.11. The number of nitrogens with one attached hydrogen (secondary N) is 2. The van der Waals surface area contributed by atoms with Gasteiger partial charge in [-0.05, 0) is 64.5 Å². The zero-order valence-corrected chi connectivity index (χ0v) is 20.0. The Kier molecular flexibility index (Phi) is 9.65. The van der Waals surface area contributed by atoms with Gasteiger partial charge in [0.15, 0.2) is 5.96 Å². The Hall–Kier alpha value is -2.09. The number of nitrogens with zero attached hydrogens (tertiary/aromatic N) is 3. The lowest BCUT2D eigenvalue weighted by Crippen LogP contribution is -2.42. The Balaban J connectivity index is 1.63. The highest BCUT2D eigenvalue weighted by molar-refractivity contribution is 7.10. The summed E-state index contributed by atoms with van der Waals surface area (Å²) in [4.78, 5) is 11.0. The van der Waals surface area contributed by atoms with E-state index in [9.17, 15) is 0 Å². The van der Waals surface area contributed by atoms with Crippen molar-refractivity contribution in [2.45, 2.75) is 32.4 Å². The van der Waals surface area contributed by atoms with Gasteiger partial charge in [-0.25, -0.2) is 4.99 Å². The SMILES string of the molecule is CCNC(=NCc1ccccc1OCCN(C)C)NCC(c1cccs1)N1CCCC1. The van der Waals surface area contributed by atoms with Crippen LogP contribution in [0.25, 0.3) is 0 Å². The number of para-hydroxylation sites is 1. The van der Waals surface area contributed by atoms with Crippen LogP contribution < -0.4 is 15.4 Å². The molecule has 31 heavy (non-hydrogen) atoms. The standard InChI is InChI=1S/C24H37N5OS/c1-4-25-24(26-18-20-10-5-6-11-22(20)30-16-15-28(2)3)27-19-21(23-12-9-17-31-23)29-13-7-8-14-29/h5-6,9-12,17,21H,4,7-8,13-16,18-19H2,1-3H3,(H2,25,26,27). The number of likely N-dealkylation sites (N-methyl/N-ethyl adjacent to an activating group) is 1. The Morgan fingerprint density at radius 1 is 1.16 bits per heavy atom. The van der Waals surface area contributed by atoms with Crippen LogP contribution in [0.1, 0.15) is 36.2 Å². The number of guanidine groups is 1. The molecule has 1 aromatic carbocycles. The number of aliphatic imine (C=N–C) groups is 1. The summed E-state index contributed by atoms with van der Waals surface area (Å²) in [5.41, 5.74) is 1.10. The number of ether oxygens (including phenoxy) is 1. The molecule has 1 unspecified atom stereocenters. The maximum absolute atomic E-state index is 6.00. The van der Waals surface area contributed by atoms with E-state index < -0.39 is 0 Å². The van der Waals surface area contributed by atoms with Crippen LogP contribution in [0.3, 0.4) is 0 Å². The van der Waals surface area contributed by atoms with E-state index in [1.807, 2.05) is 29.5 Å². The predicted molar refractivity (Wildman–Crippen MR) is 131 cm³/mol. The van der Waals surface area contributed by atoms with Gasteiger partial charge in [0, 0.05) is 30.1 Å². The lowest BCUT2D eigenvalue weighted by Gasteiger charge is -2.27. The minimum Gasteiger partial charge on any atom is -0.492 e. The van der Waals surface area contributed by atoms with Crippen molar-refractivity contribution in [1.29, 1.82) is 0 Å². The highest BCUT2D eigenvalue weighted by atomic mass is 32.1. The van der Waals surface area contributed by atoms with Crippen molar-refractivity contribution >= 4 is 17.3 Å². The quantitative estimate of drug-likeness (QED) is 0.411. The van der Waals surface area contributed by atoms with Crippen molar-refractivity contribution < 1.29 is 4.74 Å². The molecule has 6 nitrogen and oxygen atoms in total. The molecule has 0 aliphatic carbocycles. The van der Waals surface area contributed by atoms with Gasteiger partial charge in [0.25, 0.3) is 0 Å². The fourth-order valence-electron chi connectivity index (χ4n) is 3.76. The van der Waals surface area contributed by atoms with E-state index in [1.165, 1.54) is 30.8 Å². The summed E-state index contributed by atoms with van der Waals surface area (Å²) in [6, 6.07) is 13.0. The van der Waals surface area contributed by atoms with Crippen LogP contribution in [0.2, 0.25) is 0 Å². The van der Waals surface area contributed by atoms with Crippen LogP contribution in [0.4, 0.5) is 0 Å². The van der Waals surface area contributed by atoms with Crippen LogP contribution in [-0.4, -0.2) is 69.2 Å². The first kappa shape index (κ1) is 23.6. The fraction of sp³-hybridized carbons (Fsp3) is 0.542. The summed E-state index contributed by atoms with van der Waals surface area (Å²) >= 11 is 1.84. The number of thiophene rings is 1. The summed E-state index contributed by atoms with van der Waals surface area (Å²) in [5, 5.41) is 9.16. The third-order valence-corrected chi connectivity index (χ3v) is 6.41. The smallest absolute Gasteiger partial charge is 0.191 e. The molecule has 2 N–H and O–H groups in total. The van der Waals surface area contributed by atoms with E-state index in [0.717, 1.165) is 36.9 Å². The van der Waals surface area contributed by atoms with E-state index in [-0.39, 0.29) is 0 Å². The predicted octanol–water partition coefficient (Wildman–Crippen LogP) is 3.58. The molecule has 1 aliphatic rings. The average Bonchev–Trinajstić information content (AvgIpc) is 3.48. The van der Waals surface area contributed by atoms with Crippen LogP contribution in [0.5, 0.6) is 5.75 Å². The van der Waals surface area contributed by atoms with Gasteiger partial charge in [-0.3, -0.25) is 4.90 Å². The molecule has 2 aromatic rings. The molecule has 3 rings (SSSR count). The Bertz CT molecular complexity index is 787. The third-order valence-electron chi connectivity index (χ3n) is 5.44. The normalized spacial score (nSPS) is 15.9. The summed E-state index contributed by atoms with van der Waals surface area (Å²) in [6.07, 6.45) is 2.58. The summed E-state index contributed by atoms with van der Waals surface area (Å²) in [6.45, 7) is 8.29. The molecule has 1 fully saturated rings. The average molecular weight is 444 g/mol. The van der Waals surface area contributed by atoms with Gasteiger partial charge in [-0.15, -0.1) is 11.3 Å². The molecule has 1 saturated heterocycles. The van der Waals surface area contributed by atoms with E-state index in [1.54, 1.807) is 0 Å². The zero-order chi connectivity index (χ0) is 21.9. The molecule has 7 heteroatoms. The molecular formula is C24H37N5OS. The molecule has 0 saturated carbocycles. The van der Waals surface area contributed by atoms with E-state index in [0.29, 0.717) is 19.2 Å².